The zero-order chi connectivity index (χ0) is 17.2. The molecule has 0 aliphatic heterocycles. The van der Waals surface area contributed by atoms with E-state index in [0.717, 1.165) is 24.2 Å². The zero-order valence-corrected chi connectivity index (χ0v) is 14.6. The number of carbonyl (C=O) groups is 2. The number of hydrogen-bond acceptors (Lipinski definition) is 3. The van der Waals surface area contributed by atoms with Crippen molar-refractivity contribution in [3.63, 3.8) is 0 Å². The summed E-state index contributed by atoms with van der Waals surface area (Å²) in [5, 5.41) is 2.54. The molecule has 0 aliphatic rings. The first kappa shape index (κ1) is 19.0. The molecule has 1 rings (SSSR count). The van der Waals surface area contributed by atoms with Crippen LogP contribution in [0.3, 0.4) is 0 Å². The van der Waals surface area contributed by atoms with E-state index in [4.69, 9.17) is 4.74 Å². The number of amides is 2. The van der Waals surface area contributed by atoms with E-state index in [0.29, 0.717) is 12.5 Å². The van der Waals surface area contributed by atoms with Crippen molar-refractivity contribution in [2.45, 2.75) is 39.5 Å². The Bertz CT molecular complexity index is 517. The van der Waals surface area contributed by atoms with E-state index in [1.165, 1.54) is 4.90 Å². The summed E-state index contributed by atoms with van der Waals surface area (Å²) < 4.78 is 5.74. The summed E-state index contributed by atoms with van der Waals surface area (Å²) in [7, 11) is 1.57. The van der Waals surface area contributed by atoms with Gasteiger partial charge < -0.3 is 15.0 Å². The van der Waals surface area contributed by atoms with Crippen molar-refractivity contribution in [2.75, 3.05) is 26.7 Å². The second-order valence-corrected chi connectivity index (χ2v) is 5.62. The Morgan fingerprint density at radius 2 is 1.96 bits per heavy atom. The molecule has 1 N–H and O–H groups in total. The molecular formula is C18H28N2O3. The smallest absolute Gasteiger partial charge is 0.260 e. The van der Waals surface area contributed by atoms with Crippen molar-refractivity contribution < 1.29 is 14.3 Å². The first-order chi connectivity index (χ1) is 11.0. The molecule has 1 atom stereocenters. The van der Waals surface area contributed by atoms with E-state index in [1.807, 2.05) is 31.2 Å². The maximum absolute atomic E-state index is 12.3. The monoisotopic (exact) mass is 320 g/mol. The minimum atomic E-state index is -0.174. The number of hydrogen-bond donors (Lipinski definition) is 1. The Kier molecular flexibility index (Phi) is 8.16. The molecule has 0 radical (unpaired) electrons. The van der Waals surface area contributed by atoms with Crippen molar-refractivity contribution in [1.82, 2.24) is 10.2 Å². The molecule has 1 aromatic rings. The molecule has 0 bridgehead atoms. The van der Waals surface area contributed by atoms with Gasteiger partial charge in [0.1, 0.15) is 5.75 Å². The Morgan fingerprint density at radius 1 is 1.26 bits per heavy atom. The highest BCUT2D eigenvalue weighted by molar-refractivity contribution is 5.85. The maximum atomic E-state index is 12.3. The second-order valence-electron chi connectivity index (χ2n) is 5.62. The topological polar surface area (TPSA) is 58.6 Å². The molecule has 1 aromatic carbocycles. The van der Waals surface area contributed by atoms with Crippen LogP contribution in [-0.4, -0.2) is 43.5 Å². The third kappa shape index (κ3) is 5.93. The third-order valence-corrected chi connectivity index (χ3v) is 3.87. The summed E-state index contributed by atoms with van der Waals surface area (Å²) in [5.41, 5.74) is 1.11. The first-order valence-electron chi connectivity index (χ1n) is 8.23. The summed E-state index contributed by atoms with van der Waals surface area (Å²) in [4.78, 5) is 25.4. The van der Waals surface area contributed by atoms with Crippen molar-refractivity contribution in [3.05, 3.63) is 29.8 Å². The minimum Gasteiger partial charge on any atom is -0.483 e. The number of rotatable bonds is 9. The maximum Gasteiger partial charge on any atom is 0.260 e. The number of ether oxygens (including phenoxy) is 1. The SMILES string of the molecule is CCCN(CC(=O)NC)C(=O)COc1ccccc1C(C)CC. The van der Waals surface area contributed by atoms with Crippen molar-refractivity contribution in [3.8, 4) is 5.75 Å². The number of benzene rings is 1. The highest BCUT2D eigenvalue weighted by Crippen LogP contribution is 2.28. The van der Waals surface area contributed by atoms with E-state index in [2.05, 4.69) is 19.2 Å². The predicted molar refractivity (Wildman–Crippen MR) is 91.6 cm³/mol. The quantitative estimate of drug-likeness (QED) is 0.761. The van der Waals surface area contributed by atoms with Gasteiger partial charge in [-0.25, -0.2) is 0 Å². The number of likely N-dealkylation sites (N-methyl/N-ethyl adjacent to an activating group) is 1. The standard InChI is InChI=1S/C18H28N2O3/c1-5-11-20(12-17(21)19-4)18(22)13-23-16-10-8-7-9-15(16)14(3)6-2/h7-10,14H,5-6,11-13H2,1-4H3,(H,19,21). The summed E-state index contributed by atoms with van der Waals surface area (Å²) in [5.74, 6) is 0.770. The highest BCUT2D eigenvalue weighted by Gasteiger charge is 2.17. The van der Waals surface area contributed by atoms with Crippen molar-refractivity contribution >= 4 is 11.8 Å². The fourth-order valence-electron chi connectivity index (χ4n) is 2.28. The lowest BCUT2D eigenvalue weighted by Crippen LogP contribution is -2.42. The lowest BCUT2D eigenvalue weighted by atomic mass is 9.98. The molecule has 23 heavy (non-hydrogen) atoms. The number of nitrogens with zero attached hydrogens (tertiary/aromatic N) is 1. The van der Waals surface area contributed by atoms with E-state index < -0.39 is 0 Å². The molecule has 0 fully saturated rings. The van der Waals surface area contributed by atoms with Gasteiger partial charge in [-0.3, -0.25) is 9.59 Å². The van der Waals surface area contributed by atoms with Crippen LogP contribution in [0.2, 0.25) is 0 Å². The molecule has 0 saturated heterocycles. The van der Waals surface area contributed by atoms with Gasteiger partial charge in [-0.05, 0) is 30.4 Å². The van der Waals surface area contributed by atoms with Gasteiger partial charge in [-0.15, -0.1) is 0 Å². The Labute approximate surface area is 139 Å². The van der Waals surface area contributed by atoms with Crippen LogP contribution in [-0.2, 0) is 9.59 Å². The lowest BCUT2D eigenvalue weighted by Gasteiger charge is -2.22. The molecule has 0 aromatic heterocycles. The summed E-state index contributed by atoms with van der Waals surface area (Å²) in [6.07, 6.45) is 1.80. The fourth-order valence-corrected chi connectivity index (χ4v) is 2.28. The van der Waals surface area contributed by atoms with Gasteiger partial charge in [0.2, 0.25) is 5.91 Å². The van der Waals surface area contributed by atoms with Crippen LogP contribution in [0.5, 0.6) is 5.75 Å². The summed E-state index contributed by atoms with van der Waals surface area (Å²) >= 11 is 0. The van der Waals surface area contributed by atoms with E-state index in [1.54, 1.807) is 7.05 Å². The van der Waals surface area contributed by atoms with Crippen LogP contribution in [0, 0.1) is 0 Å². The van der Waals surface area contributed by atoms with E-state index in [9.17, 15) is 9.59 Å². The first-order valence-corrected chi connectivity index (χ1v) is 8.23. The van der Waals surface area contributed by atoms with E-state index in [-0.39, 0.29) is 25.0 Å². The molecular weight excluding hydrogens is 292 g/mol. The average Bonchev–Trinajstić information content (AvgIpc) is 2.58. The van der Waals surface area contributed by atoms with Gasteiger partial charge in [0.15, 0.2) is 6.61 Å². The average molecular weight is 320 g/mol. The Balaban J connectivity index is 2.72. The molecule has 5 heteroatoms. The van der Waals surface area contributed by atoms with Crippen LogP contribution in [0.25, 0.3) is 0 Å². The van der Waals surface area contributed by atoms with Gasteiger partial charge in [0, 0.05) is 13.6 Å². The lowest BCUT2D eigenvalue weighted by molar-refractivity contribution is -0.137. The number of nitrogens with one attached hydrogen (secondary N) is 1. The van der Waals surface area contributed by atoms with Gasteiger partial charge in [-0.1, -0.05) is 39.0 Å². The van der Waals surface area contributed by atoms with Crippen LogP contribution >= 0.6 is 0 Å². The number of para-hydroxylation sites is 1. The Morgan fingerprint density at radius 3 is 2.57 bits per heavy atom. The molecule has 0 saturated carbocycles. The largest absolute Gasteiger partial charge is 0.483 e. The molecule has 1 unspecified atom stereocenters. The summed E-state index contributed by atoms with van der Waals surface area (Å²) in [6, 6.07) is 7.80. The van der Waals surface area contributed by atoms with E-state index >= 15 is 0 Å². The van der Waals surface area contributed by atoms with Gasteiger partial charge in [0.25, 0.3) is 5.91 Å². The molecule has 0 heterocycles. The van der Waals surface area contributed by atoms with Crippen LogP contribution < -0.4 is 10.1 Å². The van der Waals surface area contributed by atoms with Crippen molar-refractivity contribution in [2.24, 2.45) is 0 Å². The van der Waals surface area contributed by atoms with Crippen molar-refractivity contribution in [1.29, 1.82) is 0 Å². The number of carbonyl (C=O) groups excluding carboxylic acids is 2. The van der Waals surface area contributed by atoms with Crippen LogP contribution in [0.4, 0.5) is 0 Å². The highest BCUT2D eigenvalue weighted by atomic mass is 16.5. The van der Waals surface area contributed by atoms with Gasteiger partial charge in [-0.2, -0.15) is 0 Å². The minimum absolute atomic E-state index is 0.0511. The third-order valence-electron chi connectivity index (χ3n) is 3.87. The molecule has 0 spiro atoms. The van der Waals surface area contributed by atoms with Crippen LogP contribution in [0.15, 0.2) is 24.3 Å². The Hall–Kier alpha value is -2.04. The molecule has 128 valence electrons. The second kappa shape index (κ2) is 9.87. The fraction of sp³-hybridized carbons (Fsp3) is 0.556. The van der Waals surface area contributed by atoms with Crippen LogP contribution in [0.1, 0.15) is 45.1 Å². The normalized spacial score (nSPS) is 11.7. The summed E-state index contributed by atoms with van der Waals surface area (Å²) in [6.45, 7) is 6.80. The van der Waals surface area contributed by atoms with Gasteiger partial charge in [0.05, 0.1) is 6.54 Å². The zero-order valence-electron chi connectivity index (χ0n) is 14.6. The molecule has 0 aliphatic carbocycles. The molecule has 2 amide bonds. The predicted octanol–water partition coefficient (Wildman–Crippen LogP) is 2.56. The van der Waals surface area contributed by atoms with Gasteiger partial charge >= 0.3 is 0 Å². The molecule has 5 nitrogen and oxygen atoms in total.